The van der Waals surface area contributed by atoms with Crippen LogP contribution in [0.25, 0.3) is 27.7 Å². The first kappa shape index (κ1) is 25.8. The molecule has 0 atom stereocenters. The van der Waals surface area contributed by atoms with Gasteiger partial charge in [-0.2, -0.15) is 0 Å². The van der Waals surface area contributed by atoms with Crippen molar-refractivity contribution in [2.75, 3.05) is 58.3 Å². The highest BCUT2D eigenvalue weighted by molar-refractivity contribution is 6.37. The Hall–Kier alpha value is -2.83. The van der Waals surface area contributed by atoms with Gasteiger partial charge in [-0.05, 0) is 68.0 Å². The average Bonchev–Trinajstić information content (AvgIpc) is 2.88. The van der Waals surface area contributed by atoms with E-state index in [1.54, 1.807) is 28.8 Å². The minimum absolute atomic E-state index is 0.163. The van der Waals surface area contributed by atoms with Crippen molar-refractivity contribution in [3.8, 4) is 16.8 Å². The number of hydrogen-bond acceptors (Lipinski definition) is 4. The fraction of sp³-hybridized carbons (Fsp3) is 0.300. The molecule has 1 aliphatic rings. The van der Waals surface area contributed by atoms with E-state index in [2.05, 4.69) is 72.1 Å². The third-order valence-electron chi connectivity index (χ3n) is 7.19. The molecule has 2 heterocycles. The summed E-state index contributed by atoms with van der Waals surface area (Å²) >= 11 is 13.2. The summed E-state index contributed by atoms with van der Waals surface area (Å²) < 4.78 is 1.67. The fourth-order valence-corrected chi connectivity index (χ4v) is 5.68. The molecule has 1 aliphatic heterocycles. The highest BCUT2D eigenvalue weighted by atomic mass is 35.5. The SMILES string of the molecule is Cc1ccccc1-c1cc(N2CCN(CCN(C)C)CC2)cc2c1ccc(=O)n2-c1c(Cl)cccc1Cl. The topological polar surface area (TPSA) is 31.7 Å². The van der Waals surface area contributed by atoms with Crippen LogP contribution in [0.3, 0.4) is 0 Å². The third-order valence-corrected chi connectivity index (χ3v) is 7.80. The zero-order chi connectivity index (χ0) is 26.1. The van der Waals surface area contributed by atoms with Gasteiger partial charge in [0, 0.05) is 56.4 Å². The van der Waals surface area contributed by atoms with Crippen molar-refractivity contribution in [3.63, 3.8) is 0 Å². The van der Waals surface area contributed by atoms with Gasteiger partial charge in [0.2, 0.25) is 0 Å². The average molecular weight is 536 g/mol. The molecule has 7 heteroatoms. The van der Waals surface area contributed by atoms with Crippen molar-refractivity contribution in [3.05, 3.63) is 92.7 Å². The molecule has 4 aromatic rings. The second-order valence-corrected chi connectivity index (χ2v) is 10.8. The molecular weight excluding hydrogens is 503 g/mol. The Morgan fingerprint density at radius 1 is 0.838 bits per heavy atom. The van der Waals surface area contributed by atoms with Gasteiger partial charge in [0.05, 0.1) is 21.2 Å². The number of aromatic nitrogens is 1. The number of hydrogen-bond donors (Lipinski definition) is 0. The van der Waals surface area contributed by atoms with Crippen LogP contribution < -0.4 is 10.5 Å². The van der Waals surface area contributed by atoms with Gasteiger partial charge in [-0.25, -0.2) is 0 Å². The number of halogens is 2. The quantitative estimate of drug-likeness (QED) is 0.305. The number of fused-ring (bicyclic) bond motifs is 1. The van der Waals surface area contributed by atoms with Crippen molar-refractivity contribution in [1.29, 1.82) is 0 Å². The molecule has 1 fully saturated rings. The molecule has 5 rings (SSSR count). The summed E-state index contributed by atoms with van der Waals surface area (Å²) in [5.74, 6) is 0. The van der Waals surface area contributed by atoms with E-state index in [0.717, 1.165) is 67.0 Å². The van der Waals surface area contributed by atoms with E-state index >= 15 is 0 Å². The number of para-hydroxylation sites is 1. The maximum atomic E-state index is 13.3. The normalized spacial score (nSPS) is 14.6. The van der Waals surface area contributed by atoms with Crippen molar-refractivity contribution in [2.45, 2.75) is 6.92 Å². The van der Waals surface area contributed by atoms with Gasteiger partial charge in [0.25, 0.3) is 5.56 Å². The van der Waals surface area contributed by atoms with E-state index in [1.807, 2.05) is 6.07 Å². The van der Waals surface area contributed by atoms with E-state index in [-0.39, 0.29) is 5.56 Å². The van der Waals surface area contributed by atoms with Crippen molar-refractivity contribution < 1.29 is 0 Å². The zero-order valence-electron chi connectivity index (χ0n) is 21.5. The third kappa shape index (κ3) is 5.27. The number of likely N-dealkylation sites (N-methyl/N-ethyl adjacent to an activating group) is 1. The van der Waals surface area contributed by atoms with Gasteiger partial charge in [0.15, 0.2) is 0 Å². The standard InChI is InChI=1S/C30H32Cl2N4O/c1-21-7-4-5-8-23(21)25-19-22(35-17-15-34(16-18-35)14-13-33(2)3)20-28-24(25)11-12-29(37)36(28)30-26(31)9-6-10-27(30)32/h4-12,19-20H,13-18H2,1-3H3. The minimum Gasteiger partial charge on any atom is -0.369 e. The van der Waals surface area contributed by atoms with E-state index in [4.69, 9.17) is 23.2 Å². The highest BCUT2D eigenvalue weighted by Gasteiger charge is 2.21. The molecule has 3 aromatic carbocycles. The van der Waals surface area contributed by atoms with Crippen LogP contribution in [-0.2, 0) is 0 Å². The number of pyridine rings is 1. The largest absolute Gasteiger partial charge is 0.369 e. The molecule has 0 amide bonds. The van der Waals surface area contributed by atoms with Crippen molar-refractivity contribution in [1.82, 2.24) is 14.4 Å². The van der Waals surface area contributed by atoms with Crippen LogP contribution >= 0.6 is 23.2 Å². The number of nitrogens with zero attached hydrogens (tertiary/aromatic N) is 4. The Bertz CT molecular complexity index is 1470. The first-order valence-electron chi connectivity index (χ1n) is 12.7. The predicted molar refractivity (Wildman–Crippen MR) is 157 cm³/mol. The summed E-state index contributed by atoms with van der Waals surface area (Å²) in [6, 6.07) is 21.6. The second-order valence-electron chi connectivity index (χ2n) is 9.95. The van der Waals surface area contributed by atoms with Gasteiger partial charge >= 0.3 is 0 Å². The Balaban J connectivity index is 1.68. The smallest absolute Gasteiger partial charge is 0.255 e. The predicted octanol–water partition coefficient (Wildman–Crippen LogP) is 5.96. The summed E-state index contributed by atoms with van der Waals surface area (Å²) in [5, 5.41) is 1.87. The van der Waals surface area contributed by atoms with Crippen LogP contribution in [0.15, 0.2) is 71.5 Å². The lowest BCUT2D eigenvalue weighted by molar-refractivity contribution is 0.229. The summed E-state index contributed by atoms with van der Waals surface area (Å²) in [7, 11) is 4.23. The monoisotopic (exact) mass is 534 g/mol. The number of benzene rings is 3. The first-order valence-corrected chi connectivity index (χ1v) is 13.4. The van der Waals surface area contributed by atoms with Crippen LogP contribution in [0.1, 0.15) is 5.56 Å². The lowest BCUT2D eigenvalue weighted by Gasteiger charge is -2.37. The molecule has 0 saturated carbocycles. The number of anilines is 1. The maximum absolute atomic E-state index is 13.3. The summed E-state index contributed by atoms with van der Waals surface area (Å²) in [6.45, 7) is 8.10. The Kier molecular flexibility index (Phi) is 7.59. The van der Waals surface area contributed by atoms with Crippen LogP contribution in [0.4, 0.5) is 5.69 Å². The van der Waals surface area contributed by atoms with Crippen LogP contribution in [0.2, 0.25) is 10.0 Å². The van der Waals surface area contributed by atoms with Gasteiger partial charge < -0.3 is 9.80 Å². The molecule has 0 unspecified atom stereocenters. The molecule has 0 bridgehead atoms. The summed E-state index contributed by atoms with van der Waals surface area (Å²) in [6.07, 6.45) is 0. The zero-order valence-corrected chi connectivity index (χ0v) is 23.1. The first-order chi connectivity index (χ1) is 17.8. The molecule has 0 N–H and O–H groups in total. The van der Waals surface area contributed by atoms with Crippen LogP contribution in [0.5, 0.6) is 0 Å². The molecule has 192 valence electrons. The van der Waals surface area contributed by atoms with Crippen molar-refractivity contribution >= 4 is 39.8 Å². The molecule has 1 saturated heterocycles. The number of aryl methyl sites for hydroxylation is 1. The van der Waals surface area contributed by atoms with Crippen LogP contribution in [-0.4, -0.2) is 67.7 Å². The van der Waals surface area contributed by atoms with E-state index in [9.17, 15) is 4.79 Å². The highest BCUT2D eigenvalue weighted by Crippen LogP contribution is 2.37. The molecule has 5 nitrogen and oxygen atoms in total. The minimum atomic E-state index is -0.163. The lowest BCUT2D eigenvalue weighted by Crippen LogP contribution is -2.48. The van der Waals surface area contributed by atoms with Crippen molar-refractivity contribution in [2.24, 2.45) is 0 Å². The Morgan fingerprint density at radius 3 is 2.22 bits per heavy atom. The molecular formula is C30H32Cl2N4O. The second kappa shape index (κ2) is 10.9. The Labute approximate surface area is 228 Å². The summed E-state index contributed by atoms with van der Waals surface area (Å²) in [5.41, 5.74) is 5.68. The van der Waals surface area contributed by atoms with E-state index in [1.165, 1.54) is 5.56 Å². The molecule has 0 aliphatic carbocycles. The lowest BCUT2D eigenvalue weighted by atomic mass is 9.95. The van der Waals surface area contributed by atoms with Gasteiger partial charge in [-0.3, -0.25) is 14.3 Å². The summed E-state index contributed by atoms with van der Waals surface area (Å²) in [4.78, 5) is 20.5. The molecule has 37 heavy (non-hydrogen) atoms. The van der Waals surface area contributed by atoms with E-state index in [0.29, 0.717) is 15.7 Å². The van der Waals surface area contributed by atoms with E-state index < -0.39 is 0 Å². The molecule has 1 aromatic heterocycles. The molecule has 0 radical (unpaired) electrons. The maximum Gasteiger partial charge on any atom is 0.255 e. The van der Waals surface area contributed by atoms with Crippen LogP contribution in [0, 0.1) is 6.92 Å². The Morgan fingerprint density at radius 2 is 1.54 bits per heavy atom. The fourth-order valence-electron chi connectivity index (χ4n) is 5.12. The van der Waals surface area contributed by atoms with Gasteiger partial charge in [-0.1, -0.05) is 53.5 Å². The van der Waals surface area contributed by atoms with Gasteiger partial charge in [-0.15, -0.1) is 0 Å². The van der Waals surface area contributed by atoms with Gasteiger partial charge in [0.1, 0.15) is 0 Å². The number of rotatable bonds is 6. The number of piperazine rings is 1. The molecule has 0 spiro atoms.